The van der Waals surface area contributed by atoms with Gasteiger partial charge in [-0.25, -0.2) is 4.79 Å². The third-order valence-electron chi connectivity index (χ3n) is 4.95. The summed E-state index contributed by atoms with van der Waals surface area (Å²) in [4.78, 5) is 39.2. The number of halogens is 1. The molecule has 2 aromatic heterocycles. The zero-order valence-corrected chi connectivity index (χ0v) is 17.8. The first-order valence-electron chi connectivity index (χ1n) is 9.10. The molecule has 0 bridgehead atoms. The minimum Gasteiger partial charge on any atom is -0.370 e. The number of amides is 1. The predicted molar refractivity (Wildman–Crippen MR) is 114 cm³/mol. The lowest BCUT2D eigenvalue weighted by molar-refractivity contribution is -0.116. The van der Waals surface area contributed by atoms with Gasteiger partial charge >= 0.3 is 5.69 Å². The van der Waals surface area contributed by atoms with Crippen molar-refractivity contribution >= 4 is 44.7 Å². The Morgan fingerprint density at radius 1 is 1.34 bits per heavy atom. The second-order valence-electron chi connectivity index (χ2n) is 7.70. The number of hydrogen-bond acceptors (Lipinski definition) is 5. The molecule has 0 radical (unpaired) electrons. The number of nitrogens with one attached hydrogen (secondary N) is 1. The Bertz CT molecular complexity index is 1260. The molecule has 4 rings (SSSR count). The van der Waals surface area contributed by atoms with E-state index < -0.39 is 5.69 Å². The fraction of sp³-hybridized carbons (Fsp3) is 0.350. The normalized spacial score (nSPS) is 15.3. The second-order valence-corrected chi connectivity index (χ2v) is 9.24. The Labute approximate surface area is 175 Å². The minimum atomic E-state index is -0.533. The third-order valence-corrected chi connectivity index (χ3v) is 6.40. The van der Waals surface area contributed by atoms with Crippen LogP contribution in [0.4, 0.5) is 5.69 Å². The van der Waals surface area contributed by atoms with E-state index in [-0.39, 0.29) is 23.6 Å². The average molecular weight is 434 g/mol. The molecule has 7 nitrogen and oxygen atoms in total. The number of fused-ring (bicyclic) bond motifs is 3. The van der Waals surface area contributed by atoms with Gasteiger partial charge in [0, 0.05) is 34.6 Å². The van der Waals surface area contributed by atoms with Gasteiger partial charge in [-0.1, -0.05) is 17.7 Å². The molecule has 0 aliphatic carbocycles. The summed E-state index contributed by atoms with van der Waals surface area (Å²) in [7, 11) is 1.43. The monoisotopic (exact) mass is 433 g/mol. The van der Waals surface area contributed by atoms with Crippen LogP contribution in [-0.2, 0) is 36.2 Å². The number of carbonyl (C=O) groups is 1. The van der Waals surface area contributed by atoms with E-state index in [0.717, 1.165) is 15.0 Å². The van der Waals surface area contributed by atoms with Gasteiger partial charge in [0.2, 0.25) is 5.91 Å². The van der Waals surface area contributed by atoms with Crippen molar-refractivity contribution < 1.29 is 9.53 Å². The van der Waals surface area contributed by atoms with Crippen molar-refractivity contribution in [1.29, 1.82) is 0 Å². The number of thiophene rings is 1. The van der Waals surface area contributed by atoms with Crippen molar-refractivity contribution in [3.05, 3.63) is 60.6 Å². The molecule has 29 heavy (non-hydrogen) atoms. The van der Waals surface area contributed by atoms with Gasteiger partial charge in [-0.3, -0.25) is 18.7 Å². The summed E-state index contributed by atoms with van der Waals surface area (Å²) in [6, 6.07) is 6.77. The van der Waals surface area contributed by atoms with E-state index in [2.05, 4.69) is 5.32 Å². The molecule has 1 aromatic carbocycles. The van der Waals surface area contributed by atoms with Crippen molar-refractivity contribution in [3.8, 4) is 0 Å². The standard InChI is InChI=1S/C20H20ClN3O4S/c1-20(2)8-14-13(10-28-20)16-17(29-14)18(26)23(3)19(27)24(16)9-15(25)22-12-6-4-5-11(21)7-12/h4-7H,8-10H2,1-3H3,(H,22,25). The van der Waals surface area contributed by atoms with Crippen LogP contribution in [0.5, 0.6) is 0 Å². The van der Waals surface area contributed by atoms with E-state index in [1.807, 2.05) is 13.8 Å². The number of benzene rings is 1. The van der Waals surface area contributed by atoms with E-state index >= 15 is 0 Å². The molecule has 1 aliphatic rings. The van der Waals surface area contributed by atoms with Gasteiger partial charge in [0.25, 0.3) is 5.56 Å². The Hall–Kier alpha value is -2.42. The molecular formula is C20H20ClN3O4S. The molecule has 1 N–H and O–H groups in total. The molecule has 0 spiro atoms. The number of anilines is 1. The van der Waals surface area contributed by atoms with Crippen molar-refractivity contribution in [3.63, 3.8) is 0 Å². The Morgan fingerprint density at radius 3 is 2.83 bits per heavy atom. The highest BCUT2D eigenvalue weighted by atomic mass is 35.5. The van der Waals surface area contributed by atoms with Gasteiger partial charge in [-0.2, -0.15) is 0 Å². The smallest absolute Gasteiger partial charge is 0.331 e. The maximum atomic E-state index is 12.8. The molecule has 9 heteroatoms. The minimum absolute atomic E-state index is 0.220. The lowest BCUT2D eigenvalue weighted by Crippen LogP contribution is -2.40. The molecule has 3 heterocycles. The topological polar surface area (TPSA) is 82.3 Å². The average Bonchev–Trinajstić information content (AvgIpc) is 3.00. The maximum absolute atomic E-state index is 12.8. The van der Waals surface area contributed by atoms with Crippen LogP contribution in [0.1, 0.15) is 24.3 Å². The lowest BCUT2D eigenvalue weighted by atomic mass is 9.98. The number of ether oxygens (including phenoxy) is 1. The third kappa shape index (κ3) is 3.63. The van der Waals surface area contributed by atoms with E-state index in [1.165, 1.54) is 23.0 Å². The van der Waals surface area contributed by atoms with Crippen LogP contribution >= 0.6 is 22.9 Å². The summed E-state index contributed by atoms with van der Waals surface area (Å²) in [6.45, 7) is 4.06. The van der Waals surface area contributed by atoms with Gasteiger partial charge in [-0.15, -0.1) is 11.3 Å². The van der Waals surface area contributed by atoms with Crippen LogP contribution in [0, 0.1) is 0 Å². The summed E-state index contributed by atoms with van der Waals surface area (Å²) in [6.07, 6.45) is 0.647. The van der Waals surface area contributed by atoms with Gasteiger partial charge < -0.3 is 10.1 Å². The Balaban J connectivity index is 1.79. The molecule has 3 aromatic rings. The Kier molecular flexibility index (Phi) is 4.88. The van der Waals surface area contributed by atoms with E-state index in [4.69, 9.17) is 16.3 Å². The predicted octanol–water partition coefficient (Wildman–Crippen LogP) is 2.91. The fourth-order valence-corrected chi connectivity index (χ4v) is 5.19. The first kappa shape index (κ1) is 19.9. The summed E-state index contributed by atoms with van der Waals surface area (Å²) in [5, 5.41) is 3.24. The molecular weight excluding hydrogens is 414 g/mol. The van der Waals surface area contributed by atoms with Crippen LogP contribution in [-0.4, -0.2) is 20.6 Å². The highest BCUT2D eigenvalue weighted by molar-refractivity contribution is 7.19. The van der Waals surface area contributed by atoms with Gasteiger partial charge in [0.1, 0.15) is 11.2 Å². The van der Waals surface area contributed by atoms with Crippen molar-refractivity contribution in [1.82, 2.24) is 9.13 Å². The van der Waals surface area contributed by atoms with E-state index in [1.54, 1.807) is 24.3 Å². The van der Waals surface area contributed by atoms with Gasteiger partial charge in [0.15, 0.2) is 0 Å². The van der Waals surface area contributed by atoms with E-state index in [0.29, 0.717) is 34.0 Å². The molecule has 1 aliphatic heterocycles. The number of carbonyl (C=O) groups excluding carboxylic acids is 1. The van der Waals surface area contributed by atoms with Gasteiger partial charge in [0.05, 0.1) is 17.7 Å². The quantitative estimate of drug-likeness (QED) is 0.688. The zero-order valence-electron chi connectivity index (χ0n) is 16.2. The summed E-state index contributed by atoms with van der Waals surface area (Å²) in [5.41, 5.74) is 0.621. The van der Waals surface area contributed by atoms with Crippen molar-refractivity contribution in [2.75, 3.05) is 5.32 Å². The first-order chi connectivity index (χ1) is 13.7. The highest BCUT2D eigenvalue weighted by Crippen LogP contribution is 2.37. The highest BCUT2D eigenvalue weighted by Gasteiger charge is 2.31. The molecule has 1 amide bonds. The fourth-order valence-electron chi connectivity index (χ4n) is 3.50. The van der Waals surface area contributed by atoms with Crippen LogP contribution in [0.25, 0.3) is 10.2 Å². The lowest BCUT2D eigenvalue weighted by Gasteiger charge is -2.30. The molecule has 0 fully saturated rings. The Morgan fingerprint density at radius 2 is 2.10 bits per heavy atom. The molecule has 0 atom stereocenters. The van der Waals surface area contributed by atoms with Crippen LogP contribution in [0.15, 0.2) is 33.9 Å². The summed E-state index contributed by atoms with van der Waals surface area (Å²) >= 11 is 7.34. The molecule has 0 unspecified atom stereocenters. The molecule has 0 saturated carbocycles. The SMILES string of the molecule is Cn1c(=O)c2sc3c(c2n(CC(=O)Nc2cccc(Cl)c2)c1=O)COC(C)(C)C3. The number of rotatable bonds is 3. The van der Waals surface area contributed by atoms with Crippen LogP contribution < -0.4 is 16.6 Å². The second kappa shape index (κ2) is 7.12. The zero-order chi connectivity index (χ0) is 20.9. The summed E-state index contributed by atoms with van der Waals surface area (Å²) in [5.74, 6) is -0.383. The van der Waals surface area contributed by atoms with Crippen molar-refractivity contribution in [2.45, 2.75) is 39.0 Å². The number of hydrogen-bond donors (Lipinski definition) is 1. The van der Waals surface area contributed by atoms with Crippen LogP contribution in [0.2, 0.25) is 5.02 Å². The number of nitrogens with zero attached hydrogens (tertiary/aromatic N) is 2. The van der Waals surface area contributed by atoms with Crippen molar-refractivity contribution in [2.24, 2.45) is 7.05 Å². The van der Waals surface area contributed by atoms with E-state index in [9.17, 15) is 14.4 Å². The van der Waals surface area contributed by atoms with Crippen LogP contribution in [0.3, 0.4) is 0 Å². The summed E-state index contributed by atoms with van der Waals surface area (Å²) < 4.78 is 8.77. The van der Waals surface area contributed by atoms with Gasteiger partial charge in [-0.05, 0) is 32.0 Å². The maximum Gasteiger partial charge on any atom is 0.331 e. The number of aromatic nitrogens is 2. The largest absolute Gasteiger partial charge is 0.370 e. The molecule has 152 valence electrons. The first-order valence-corrected chi connectivity index (χ1v) is 10.3. The molecule has 0 saturated heterocycles.